The standard InChI is InChI=1S/C16H18ClNO5/c1-22-13-8-14(23-2)12(7-11(13)17)18-15(19)9-5-3-4-6-10(9)16(20)21/h3-4,7-10H,5-6H2,1-2H3,(H,18,19)(H,20,21)/t9-,10+/m0/s1. The summed E-state index contributed by atoms with van der Waals surface area (Å²) in [7, 11) is 2.94. The summed E-state index contributed by atoms with van der Waals surface area (Å²) in [4.78, 5) is 23.8. The molecule has 2 rings (SSSR count). The van der Waals surface area contributed by atoms with Crippen molar-refractivity contribution in [3.63, 3.8) is 0 Å². The molecule has 1 amide bonds. The topological polar surface area (TPSA) is 84.9 Å². The second-order valence-electron chi connectivity index (χ2n) is 5.17. The molecule has 124 valence electrons. The van der Waals surface area contributed by atoms with Crippen molar-refractivity contribution >= 4 is 29.2 Å². The number of carbonyl (C=O) groups excluding carboxylic acids is 1. The van der Waals surface area contributed by atoms with E-state index in [0.717, 1.165) is 0 Å². The van der Waals surface area contributed by atoms with Gasteiger partial charge in [-0.25, -0.2) is 0 Å². The second kappa shape index (κ2) is 7.37. The maximum atomic E-state index is 12.5. The van der Waals surface area contributed by atoms with E-state index >= 15 is 0 Å². The van der Waals surface area contributed by atoms with E-state index in [-0.39, 0.29) is 5.91 Å². The number of carboxylic acid groups (broad SMARTS) is 1. The molecule has 1 aliphatic carbocycles. The molecule has 0 aliphatic heterocycles. The van der Waals surface area contributed by atoms with Gasteiger partial charge in [0.25, 0.3) is 0 Å². The highest BCUT2D eigenvalue weighted by Crippen LogP contribution is 2.37. The number of carboxylic acids is 1. The first-order valence-electron chi connectivity index (χ1n) is 7.08. The number of hydrogen-bond donors (Lipinski definition) is 2. The number of nitrogens with one attached hydrogen (secondary N) is 1. The predicted molar refractivity (Wildman–Crippen MR) is 86.2 cm³/mol. The van der Waals surface area contributed by atoms with Crippen LogP contribution in [-0.2, 0) is 9.59 Å². The maximum absolute atomic E-state index is 12.5. The molecule has 2 N–H and O–H groups in total. The van der Waals surface area contributed by atoms with Crippen molar-refractivity contribution in [2.75, 3.05) is 19.5 Å². The van der Waals surface area contributed by atoms with Crippen LogP contribution in [0.25, 0.3) is 0 Å². The molecular weight excluding hydrogens is 322 g/mol. The van der Waals surface area contributed by atoms with Gasteiger partial charge in [0.15, 0.2) is 0 Å². The Bertz CT molecular complexity index is 644. The van der Waals surface area contributed by atoms with E-state index in [1.165, 1.54) is 20.3 Å². The van der Waals surface area contributed by atoms with Crippen molar-refractivity contribution in [3.8, 4) is 11.5 Å². The van der Waals surface area contributed by atoms with Crippen LogP contribution in [0.15, 0.2) is 24.3 Å². The highest BCUT2D eigenvalue weighted by atomic mass is 35.5. The zero-order valence-electron chi connectivity index (χ0n) is 12.8. The molecule has 0 radical (unpaired) electrons. The highest BCUT2D eigenvalue weighted by molar-refractivity contribution is 6.32. The number of benzene rings is 1. The molecule has 0 spiro atoms. The summed E-state index contributed by atoms with van der Waals surface area (Å²) in [6.45, 7) is 0. The Labute approximate surface area is 139 Å². The Hall–Kier alpha value is -2.21. The molecule has 23 heavy (non-hydrogen) atoms. The summed E-state index contributed by atoms with van der Waals surface area (Å²) in [5, 5.41) is 12.3. The average Bonchev–Trinajstić information content (AvgIpc) is 2.55. The maximum Gasteiger partial charge on any atom is 0.307 e. The van der Waals surface area contributed by atoms with Crippen LogP contribution in [0, 0.1) is 11.8 Å². The van der Waals surface area contributed by atoms with Gasteiger partial charge in [-0.3, -0.25) is 9.59 Å². The molecule has 0 bridgehead atoms. The Kier molecular flexibility index (Phi) is 5.50. The number of rotatable bonds is 5. The summed E-state index contributed by atoms with van der Waals surface area (Å²) in [5.74, 6) is -1.92. The summed E-state index contributed by atoms with van der Waals surface area (Å²) in [6, 6.07) is 3.08. The Balaban J connectivity index is 2.24. The van der Waals surface area contributed by atoms with Gasteiger partial charge in [0, 0.05) is 6.07 Å². The van der Waals surface area contributed by atoms with Gasteiger partial charge in [0.1, 0.15) is 11.5 Å². The van der Waals surface area contributed by atoms with Crippen molar-refractivity contribution in [3.05, 3.63) is 29.3 Å². The van der Waals surface area contributed by atoms with E-state index in [4.69, 9.17) is 21.1 Å². The first kappa shape index (κ1) is 17.1. The van der Waals surface area contributed by atoms with E-state index in [2.05, 4.69) is 5.32 Å². The third-order valence-corrected chi connectivity index (χ3v) is 4.11. The number of amides is 1. The van der Waals surface area contributed by atoms with E-state index in [9.17, 15) is 14.7 Å². The SMILES string of the molecule is COc1cc(OC)c(NC(=O)[C@H]2CC=CC[C@H]2C(=O)O)cc1Cl. The van der Waals surface area contributed by atoms with Crippen LogP contribution in [0.4, 0.5) is 5.69 Å². The number of carbonyl (C=O) groups is 2. The molecule has 0 heterocycles. The number of hydrogen-bond acceptors (Lipinski definition) is 4. The van der Waals surface area contributed by atoms with E-state index in [1.807, 2.05) is 6.08 Å². The van der Waals surface area contributed by atoms with Gasteiger partial charge in [-0.1, -0.05) is 23.8 Å². The van der Waals surface area contributed by atoms with Gasteiger partial charge in [-0.15, -0.1) is 0 Å². The lowest BCUT2D eigenvalue weighted by Gasteiger charge is -2.24. The fourth-order valence-electron chi connectivity index (χ4n) is 2.56. The smallest absolute Gasteiger partial charge is 0.307 e. The molecule has 7 heteroatoms. The van der Waals surface area contributed by atoms with Crippen molar-refractivity contribution in [1.82, 2.24) is 0 Å². The zero-order chi connectivity index (χ0) is 17.0. The first-order chi connectivity index (χ1) is 11.0. The van der Waals surface area contributed by atoms with Crippen LogP contribution in [-0.4, -0.2) is 31.2 Å². The first-order valence-corrected chi connectivity index (χ1v) is 7.46. The third kappa shape index (κ3) is 3.76. The lowest BCUT2D eigenvalue weighted by molar-refractivity contribution is -0.146. The third-order valence-electron chi connectivity index (χ3n) is 3.82. The fraction of sp³-hybridized carbons (Fsp3) is 0.375. The van der Waals surface area contributed by atoms with Crippen molar-refractivity contribution in [1.29, 1.82) is 0 Å². The van der Waals surface area contributed by atoms with Crippen LogP contribution in [0.2, 0.25) is 5.02 Å². The zero-order valence-corrected chi connectivity index (χ0v) is 13.6. The minimum Gasteiger partial charge on any atom is -0.495 e. The van der Waals surface area contributed by atoms with Crippen LogP contribution < -0.4 is 14.8 Å². The summed E-state index contributed by atoms with van der Waals surface area (Å²) < 4.78 is 10.3. The van der Waals surface area contributed by atoms with Crippen LogP contribution in [0.3, 0.4) is 0 Å². The van der Waals surface area contributed by atoms with Gasteiger partial charge in [-0.05, 0) is 18.9 Å². The van der Waals surface area contributed by atoms with E-state index < -0.39 is 17.8 Å². The van der Waals surface area contributed by atoms with Gasteiger partial charge >= 0.3 is 5.97 Å². The summed E-state index contributed by atoms with van der Waals surface area (Å²) >= 11 is 6.07. The summed E-state index contributed by atoms with van der Waals surface area (Å²) in [6.07, 6.45) is 4.33. The Morgan fingerprint density at radius 2 is 1.74 bits per heavy atom. The molecule has 0 fully saturated rings. The number of ether oxygens (including phenoxy) is 2. The van der Waals surface area contributed by atoms with Gasteiger partial charge in [-0.2, -0.15) is 0 Å². The molecule has 1 aliphatic rings. The fourth-order valence-corrected chi connectivity index (χ4v) is 2.80. The number of aliphatic carboxylic acids is 1. The molecule has 1 aromatic carbocycles. The molecule has 6 nitrogen and oxygen atoms in total. The van der Waals surface area contributed by atoms with Crippen LogP contribution >= 0.6 is 11.6 Å². The van der Waals surface area contributed by atoms with Crippen molar-refractivity contribution in [2.45, 2.75) is 12.8 Å². The Morgan fingerprint density at radius 3 is 2.30 bits per heavy atom. The molecule has 2 atom stereocenters. The quantitative estimate of drug-likeness (QED) is 0.806. The lowest BCUT2D eigenvalue weighted by atomic mass is 9.82. The van der Waals surface area contributed by atoms with Crippen molar-refractivity contribution < 1.29 is 24.2 Å². The minimum absolute atomic E-state index is 0.321. The second-order valence-corrected chi connectivity index (χ2v) is 5.58. The normalized spacial score (nSPS) is 20.0. The van der Waals surface area contributed by atoms with Gasteiger partial charge in [0.2, 0.25) is 5.91 Å². The molecule has 0 aromatic heterocycles. The molecule has 0 unspecified atom stereocenters. The summed E-state index contributed by atoms with van der Waals surface area (Å²) in [5.41, 5.74) is 0.377. The largest absolute Gasteiger partial charge is 0.495 e. The number of methoxy groups -OCH3 is 2. The predicted octanol–water partition coefficient (Wildman–Crippen LogP) is 2.96. The molecular formula is C16H18ClNO5. The number of allylic oxidation sites excluding steroid dienone is 2. The average molecular weight is 340 g/mol. The highest BCUT2D eigenvalue weighted by Gasteiger charge is 2.34. The van der Waals surface area contributed by atoms with E-state index in [1.54, 1.807) is 12.1 Å². The van der Waals surface area contributed by atoms with Gasteiger partial charge in [0.05, 0.1) is 36.8 Å². The molecule has 1 aromatic rings. The van der Waals surface area contributed by atoms with Crippen molar-refractivity contribution in [2.24, 2.45) is 11.8 Å². The number of anilines is 1. The molecule has 0 saturated heterocycles. The number of halogens is 1. The lowest BCUT2D eigenvalue weighted by Crippen LogP contribution is -2.34. The van der Waals surface area contributed by atoms with Crippen LogP contribution in [0.5, 0.6) is 11.5 Å². The molecule has 0 saturated carbocycles. The Morgan fingerprint density at radius 1 is 1.13 bits per heavy atom. The van der Waals surface area contributed by atoms with Crippen LogP contribution in [0.1, 0.15) is 12.8 Å². The monoisotopic (exact) mass is 339 g/mol. The minimum atomic E-state index is -0.978. The van der Waals surface area contributed by atoms with E-state index in [0.29, 0.717) is 35.1 Å². The van der Waals surface area contributed by atoms with Gasteiger partial charge < -0.3 is 19.9 Å².